The van der Waals surface area contributed by atoms with E-state index in [-0.39, 0.29) is 11.9 Å². The lowest BCUT2D eigenvalue weighted by atomic mass is 9.96. The molecule has 0 spiro atoms. The third-order valence-electron chi connectivity index (χ3n) is 5.62. The molecule has 28 heavy (non-hydrogen) atoms. The largest absolute Gasteiger partial charge is 0.478 e. The average molecular weight is 401 g/mol. The Bertz CT molecular complexity index is 814. The number of halogens is 1. The second kappa shape index (κ2) is 7.59. The zero-order valence-corrected chi connectivity index (χ0v) is 16.9. The van der Waals surface area contributed by atoms with Gasteiger partial charge in [0, 0.05) is 35.5 Å². The Balaban J connectivity index is 1.38. The number of benzene rings is 1. The Kier molecular flexibility index (Phi) is 5.15. The van der Waals surface area contributed by atoms with Crippen LogP contribution in [-0.2, 0) is 4.79 Å². The van der Waals surface area contributed by atoms with Crippen LogP contribution < -0.4 is 15.0 Å². The number of carbonyl (C=O) groups is 1. The number of piperidine rings is 1. The molecule has 2 bridgehead atoms. The van der Waals surface area contributed by atoms with E-state index >= 15 is 0 Å². The number of rotatable bonds is 5. The van der Waals surface area contributed by atoms with Gasteiger partial charge < -0.3 is 15.0 Å². The lowest BCUT2D eigenvalue weighted by Crippen LogP contribution is -2.55. The van der Waals surface area contributed by atoms with Gasteiger partial charge in [-0.1, -0.05) is 11.6 Å². The van der Waals surface area contributed by atoms with Crippen molar-refractivity contribution in [3.63, 3.8) is 0 Å². The smallest absolute Gasteiger partial charge is 0.263 e. The van der Waals surface area contributed by atoms with Gasteiger partial charge in [-0.15, -0.1) is 0 Å². The van der Waals surface area contributed by atoms with E-state index in [1.54, 1.807) is 50.5 Å². The number of fused-ring (bicyclic) bond motifs is 2. The molecule has 2 aliphatic heterocycles. The molecule has 1 amide bonds. The van der Waals surface area contributed by atoms with E-state index in [1.165, 1.54) is 0 Å². The van der Waals surface area contributed by atoms with Gasteiger partial charge in [-0.3, -0.25) is 9.78 Å². The Labute approximate surface area is 170 Å². The minimum atomic E-state index is -0.963. The number of amides is 1. The van der Waals surface area contributed by atoms with Crippen LogP contribution in [0.4, 0.5) is 5.82 Å². The quantitative estimate of drug-likeness (QED) is 0.830. The van der Waals surface area contributed by atoms with Gasteiger partial charge in [-0.2, -0.15) is 0 Å². The lowest BCUT2D eigenvalue weighted by Gasteiger charge is -2.40. The third-order valence-corrected chi connectivity index (χ3v) is 5.87. The van der Waals surface area contributed by atoms with Crippen molar-refractivity contribution in [1.29, 1.82) is 0 Å². The normalized spacial score (nSPS) is 24.1. The highest BCUT2D eigenvalue weighted by atomic mass is 35.5. The van der Waals surface area contributed by atoms with Crippen molar-refractivity contribution in [2.24, 2.45) is 0 Å². The fourth-order valence-electron chi connectivity index (χ4n) is 4.30. The molecule has 0 saturated carbocycles. The van der Waals surface area contributed by atoms with Gasteiger partial charge >= 0.3 is 0 Å². The number of nitrogens with one attached hydrogen (secondary N) is 1. The van der Waals surface area contributed by atoms with Crippen molar-refractivity contribution < 1.29 is 9.53 Å². The first-order chi connectivity index (χ1) is 13.4. The Morgan fingerprint density at radius 3 is 2.46 bits per heavy atom. The minimum Gasteiger partial charge on any atom is -0.478 e. The molecular weight excluding hydrogens is 376 g/mol. The van der Waals surface area contributed by atoms with Crippen LogP contribution in [0.25, 0.3) is 0 Å². The number of hydrogen-bond donors (Lipinski definition) is 1. The third kappa shape index (κ3) is 3.92. The lowest BCUT2D eigenvalue weighted by molar-refractivity contribution is -0.135. The summed E-state index contributed by atoms with van der Waals surface area (Å²) in [5.41, 5.74) is -0.963. The number of anilines is 1. The van der Waals surface area contributed by atoms with Crippen LogP contribution in [0.5, 0.6) is 5.75 Å². The molecule has 0 unspecified atom stereocenters. The molecule has 4 rings (SSSR count). The Hall–Kier alpha value is -2.34. The summed E-state index contributed by atoms with van der Waals surface area (Å²) in [5.74, 6) is 1.47. The van der Waals surface area contributed by atoms with Crippen molar-refractivity contribution in [2.45, 2.75) is 63.3 Å². The maximum atomic E-state index is 12.9. The molecule has 3 heterocycles. The van der Waals surface area contributed by atoms with E-state index in [1.807, 2.05) is 6.20 Å². The predicted octanol–water partition coefficient (Wildman–Crippen LogP) is 3.60. The maximum absolute atomic E-state index is 12.9. The van der Waals surface area contributed by atoms with E-state index < -0.39 is 5.60 Å². The Morgan fingerprint density at radius 2 is 1.86 bits per heavy atom. The SMILES string of the molecule is CC(C)(Oc1ccc(Cl)cc1)C(=O)N[C@H]1C[C@H]2CC[C@@H](C1)N2c1cnccn1. The second-order valence-corrected chi connectivity index (χ2v) is 8.50. The van der Waals surface area contributed by atoms with Crippen molar-refractivity contribution in [2.75, 3.05) is 4.90 Å². The van der Waals surface area contributed by atoms with Crippen LogP contribution in [0.1, 0.15) is 39.5 Å². The molecule has 0 radical (unpaired) electrons. The molecule has 2 saturated heterocycles. The molecular formula is C21H25ClN4O2. The molecule has 3 atom stereocenters. The number of hydrogen-bond acceptors (Lipinski definition) is 5. The van der Waals surface area contributed by atoms with Crippen LogP contribution in [0.2, 0.25) is 5.02 Å². The summed E-state index contributed by atoms with van der Waals surface area (Å²) in [6, 6.07) is 7.98. The van der Waals surface area contributed by atoms with Crippen molar-refractivity contribution >= 4 is 23.3 Å². The molecule has 2 aliphatic rings. The van der Waals surface area contributed by atoms with Gasteiger partial charge in [0.1, 0.15) is 11.6 Å². The summed E-state index contributed by atoms with van der Waals surface area (Å²) in [6.07, 6.45) is 9.33. The summed E-state index contributed by atoms with van der Waals surface area (Å²) in [4.78, 5) is 23.9. The molecule has 1 aromatic carbocycles. The van der Waals surface area contributed by atoms with E-state index in [9.17, 15) is 4.79 Å². The van der Waals surface area contributed by atoms with Gasteiger partial charge in [-0.25, -0.2) is 4.98 Å². The van der Waals surface area contributed by atoms with Crippen LogP contribution in [0.15, 0.2) is 42.9 Å². The molecule has 148 valence electrons. The van der Waals surface area contributed by atoms with Gasteiger partial charge in [-0.05, 0) is 63.8 Å². The standard InChI is InChI=1S/C21H25ClN4O2/c1-21(2,28-18-7-3-14(22)4-8-18)20(27)25-15-11-16-5-6-17(12-15)26(16)19-13-23-9-10-24-19/h3-4,7-10,13,15-17H,5-6,11-12H2,1-2H3,(H,25,27)/t15-,16+,17-. The maximum Gasteiger partial charge on any atom is 0.263 e. The fourth-order valence-corrected chi connectivity index (χ4v) is 4.42. The minimum absolute atomic E-state index is 0.0974. The molecule has 6 nitrogen and oxygen atoms in total. The monoisotopic (exact) mass is 400 g/mol. The summed E-state index contributed by atoms with van der Waals surface area (Å²) in [7, 11) is 0. The van der Waals surface area contributed by atoms with E-state index in [0.717, 1.165) is 31.5 Å². The van der Waals surface area contributed by atoms with E-state index in [4.69, 9.17) is 16.3 Å². The topological polar surface area (TPSA) is 67.3 Å². The highest BCUT2D eigenvalue weighted by Gasteiger charge is 2.43. The molecule has 2 aromatic rings. The molecule has 7 heteroatoms. The predicted molar refractivity (Wildman–Crippen MR) is 109 cm³/mol. The molecule has 0 aliphatic carbocycles. The number of carbonyl (C=O) groups excluding carboxylic acids is 1. The summed E-state index contributed by atoms with van der Waals surface area (Å²) in [6.45, 7) is 3.58. The van der Waals surface area contributed by atoms with Crippen molar-refractivity contribution in [3.05, 3.63) is 47.9 Å². The van der Waals surface area contributed by atoms with Crippen LogP contribution in [0.3, 0.4) is 0 Å². The van der Waals surface area contributed by atoms with E-state index in [0.29, 0.717) is 22.9 Å². The number of ether oxygens (including phenoxy) is 1. The summed E-state index contributed by atoms with van der Waals surface area (Å²) < 4.78 is 5.92. The van der Waals surface area contributed by atoms with Crippen LogP contribution in [-0.4, -0.2) is 39.6 Å². The van der Waals surface area contributed by atoms with Crippen LogP contribution in [0, 0.1) is 0 Å². The molecule has 2 fully saturated rings. The van der Waals surface area contributed by atoms with Gasteiger partial charge in [0.05, 0.1) is 6.20 Å². The molecule has 1 aromatic heterocycles. The first-order valence-corrected chi connectivity index (χ1v) is 10.1. The first kappa shape index (κ1) is 19.0. The Morgan fingerprint density at radius 1 is 1.18 bits per heavy atom. The zero-order valence-electron chi connectivity index (χ0n) is 16.1. The fraction of sp³-hybridized carbons (Fsp3) is 0.476. The van der Waals surface area contributed by atoms with Gasteiger partial charge in [0.15, 0.2) is 5.60 Å². The summed E-state index contributed by atoms with van der Waals surface area (Å²) in [5, 5.41) is 3.85. The van der Waals surface area contributed by atoms with Gasteiger partial charge in [0.2, 0.25) is 0 Å². The number of nitrogens with zero attached hydrogens (tertiary/aromatic N) is 3. The summed E-state index contributed by atoms with van der Waals surface area (Å²) >= 11 is 5.92. The average Bonchev–Trinajstić information content (AvgIpc) is 2.95. The molecule has 1 N–H and O–H groups in total. The highest BCUT2D eigenvalue weighted by Crippen LogP contribution is 2.38. The van der Waals surface area contributed by atoms with Crippen LogP contribution >= 0.6 is 11.6 Å². The van der Waals surface area contributed by atoms with Gasteiger partial charge in [0.25, 0.3) is 5.91 Å². The van der Waals surface area contributed by atoms with Crippen molar-refractivity contribution in [3.8, 4) is 5.75 Å². The van der Waals surface area contributed by atoms with E-state index in [2.05, 4.69) is 20.2 Å². The number of aromatic nitrogens is 2. The highest BCUT2D eigenvalue weighted by molar-refractivity contribution is 6.30. The van der Waals surface area contributed by atoms with Crippen molar-refractivity contribution in [1.82, 2.24) is 15.3 Å². The zero-order chi connectivity index (χ0) is 19.7. The first-order valence-electron chi connectivity index (χ1n) is 9.72. The second-order valence-electron chi connectivity index (χ2n) is 8.06.